The molecule has 0 spiro atoms. The van der Waals surface area contributed by atoms with E-state index in [4.69, 9.17) is 17.3 Å². The van der Waals surface area contributed by atoms with Crippen molar-refractivity contribution in [2.45, 2.75) is 5.92 Å². The van der Waals surface area contributed by atoms with Crippen molar-refractivity contribution in [3.05, 3.63) is 94.5 Å². The summed E-state index contributed by atoms with van der Waals surface area (Å²) in [6.45, 7) is 0.677. The number of nitrogens with zero attached hydrogens (tertiary/aromatic N) is 1. The van der Waals surface area contributed by atoms with Gasteiger partial charge < -0.3 is 21.3 Å². The number of amides is 2. The molecule has 0 radical (unpaired) electrons. The average molecular weight is 511 g/mol. The third-order valence-electron chi connectivity index (χ3n) is 6.07. The van der Waals surface area contributed by atoms with Crippen LogP contribution in [0, 0.1) is 17.6 Å². The Kier molecular flexibility index (Phi) is 7.67. The van der Waals surface area contributed by atoms with Crippen molar-refractivity contribution in [2.24, 2.45) is 5.92 Å². The first kappa shape index (κ1) is 25.3. The van der Waals surface area contributed by atoms with Gasteiger partial charge in [-0.1, -0.05) is 23.7 Å². The number of nitrogens with two attached hydrogens (primary N) is 1. The van der Waals surface area contributed by atoms with E-state index in [1.165, 1.54) is 12.2 Å². The third kappa shape index (κ3) is 5.90. The minimum atomic E-state index is -0.771. The number of carbonyl (C=O) groups excluding carboxylic acids is 2. The molecule has 186 valence electrons. The Balaban J connectivity index is 1.50. The van der Waals surface area contributed by atoms with Crippen molar-refractivity contribution >= 4 is 46.6 Å². The molecular formula is C27H25ClF2N4O2. The molecule has 0 bridgehead atoms. The Morgan fingerprint density at radius 2 is 1.69 bits per heavy atom. The zero-order valence-corrected chi connectivity index (χ0v) is 20.2. The Morgan fingerprint density at radius 1 is 1.03 bits per heavy atom. The van der Waals surface area contributed by atoms with E-state index in [1.54, 1.807) is 55.6 Å². The molecular weight excluding hydrogens is 486 g/mol. The summed E-state index contributed by atoms with van der Waals surface area (Å²) in [7, 11) is 1.80. The highest BCUT2D eigenvalue weighted by Gasteiger charge is 2.40. The van der Waals surface area contributed by atoms with Crippen LogP contribution in [0.4, 0.5) is 25.8 Å². The fourth-order valence-electron chi connectivity index (χ4n) is 4.34. The second-order valence-corrected chi connectivity index (χ2v) is 9.17. The molecule has 36 heavy (non-hydrogen) atoms. The summed E-state index contributed by atoms with van der Waals surface area (Å²) in [6.07, 6.45) is 2.49. The van der Waals surface area contributed by atoms with Gasteiger partial charge in [-0.15, -0.1) is 0 Å². The molecule has 3 aromatic carbocycles. The number of hydrogen-bond donors (Lipinski definition) is 3. The van der Waals surface area contributed by atoms with Gasteiger partial charge in [-0.3, -0.25) is 9.59 Å². The fourth-order valence-corrected chi connectivity index (χ4v) is 4.46. The predicted molar refractivity (Wildman–Crippen MR) is 139 cm³/mol. The van der Waals surface area contributed by atoms with Gasteiger partial charge in [-0.25, -0.2) is 8.78 Å². The van der Waals surface area contributed by atoms with Crippen LogP contribution in [-0.4, -0.2) is 36.9 Å². The molecule has 4 N–H and O–H groups in total. The lowest BCUT2D eigenvalue weighted by atomic mass is 9.87. The third-order valence-corrected chi connectivity index (χ3v) is 6.32. The van der Waals surface area contributed by atoms with E-state index < -0.39 is 29.4 Å². The fraction of sp³-hybridized carbons (Fsp3) is 0.185. The van der Waals surface area contributed by atoms with Crippen molar-refractivity contribution < 1.29 is 18.4 Å². The minimum Gasteiger partial charge on any atom is -0.397 e. The highest BCUT2D eigenvalue weighted by Crippen LogP contribution is 2.36. The molecule has 3 aromatic rings. The summed E-state index contributed by atoms with van der Waals surface area (Å²) in [5, 5.41) is 5.95. The number of likely N-dealkylation sites (tertiary alicyclic amines) is 1. The second kappa shape index (κ2) is 10.9. The van der Waals surface area contributed by atoms with Crippen LogP contribution < -0.4 is 16.4 Å². The number of halogens is 3. The lowest BCUT2D eigenvalue weighted by molar-refractivity contribution is -0.120. The molecule has 1 heterocycles. The van der Waals surface area contributed by atoms with Gasteiger partial charge in [-0.2, -0.15) is 0 Å². The van der Waals surface area contributed by atoms with Gasteiger partial charge in [0, 0.05) is 41.4 Å². The number of likely N-dealkylation sites (N-methyl/N-ethyl adjacent to an activating group) is 1. The number of carbonyl (C=O) groups is 2. The summed E-state index contributed by atoms with van der Waals surface area (Å²) in [5.74, 6) is -3.69. The standard InChI is InChI=1S/C27H25ClF2N4O2/c1-34-14-19(20(15-34)27(36)32-18-9-7-17(28)8-10-18)26-21(29)12-16(13-22(26)30)6-11-25(35)33-24-5-3-2-4-23(24)31/h2-13,19-20H,14-15,31H2,1H3,(H,32,36)(H,33,35)/b11-6+. The number of rotatable bonds is 6. The maximum Gasteiger partial charge on any atom is 0.248 e. The monoisotopic (exact) mass is 510 g/mol. The van der Waals surface area contributed by atoms with E-state index in [9.17, 15) is 9.59 Å². The number of nitrogens with one attached hydrogen (secondary N) is 2. The molecule has 0 aliphatic carbocycles. The number of benzene rings is 3. The molecule has 2 atom stereocenters. The molecule has 9 heteroatoms. The van der Waals surface area contributed by atoms with E-state index in [1.807, 2.05) is 4.90 Å². The van der Waals surface area contributed by atoms with E-state index >= 15 is 8.78 Å². The summed E-state index contributed by atoms with van der Waals surface area (Å²) in [5.41, 5.74) is 7.23. The van der Waals surface area contributed by atoms with Crippen LogP contribution in [-0.2, 0) is 9.59 Å². The average Bonchev–Trinajstić information content (AvgIpc) is 3.21. The minimum absolute atomic E-state index is 0.144. The maximum absolute atomic E-state index is 15.2. The Morgan fingerprint density at radius 3 is 2.36 bits per heavy atom. The topological polar surface area (TPSA) is 87.5 Å². The van der Waals surface area contributed by atoms with Gasteiger partial charge in [0.05, 0.1) is 17.3 Å². The lowest BCUT2D eigenvalue weighted by Crippen LogP contribution is -2.29. The van der Waals surface area contributed by atoms with Gasteiger partial charge >= 0.3 is 0 Å². The smallest absolute Gasteiger partial charge is 0.248 e. The molecule has 6 nitrogen and oxygen atoms in total. The largest absolute Gasteiger partial charge is 0.397 e. The van der Waals surface area contributed by atoms with Crippen molar-refractivity contribution in [3.63, 3.8) is 0 Å². The summed E-state index contributed by atoms with van der Waals surface area (Å²) >= 11 is 5.89. The van der Waals surface area contributed by atoms with E-state index in [0.717, 1.165) is 12.1 Å². The molecule has 1 aliphatic rings. The Labute approximate surface area is 212 Å². The zero-order valence-electron chi connectivity index (χ0n) is 19.5. The van der Waals surface area contributed by atoms with Crippen LogP contribution in [0.1, 0.15) is 17.0 Å². The zero-order chi connectivity index (χ0) is 25.8. The normalized spacial score (nSPS) is 17.9. The van der Waals surface area contributed by atoms with Crippen molar-refractivity contribution in [1.29, 1.82) is 0 Å². The molecule has 1 aliphatic heterocycles. The number of para-hydroxylation sites is 2. The van der Waals surface area contributed by atoms with Gasteiger partial charge in [0.15, 0.2) is 0 Å². The molecule has 2 amide bonds. The van der Waals surface area contributed by atoms with Crippen molar-refractivity contribution in [2.75, 3.05) is 36.5 Å². The molecule has 1 fully saturated rings. The van der Waals surface area contributed by atoms with Crippen LogP contribution in [0.5, 0.6) is 0 Å². The number of anilines is 3. The Hall–Kier alpha value is -3.75. The highest BCUT2D eigenvalue weighted by molar-refractivity contribution is 6.30. The number of hydrogen-bond acceptors (Lipinski definition) is 4. The molecule has 0 aromatic heterocycles. The summed E-state index contributed by atoms with van der Waals surface area (Å²) in [4.78, 5) is 27.1. The SMILES string of the molecule is CN1CC(C(=O)Nc2ccc(Cl)cc2)C(c2c(F)cc(/C=C/C(=O)Nc3ccccc3N)cc2F)C1. The van der Waals surface area contributed by atoms with Crippen LogP contribution in [0.3, 0.4) is 0 Å². The van der Waals surface area contributed by atoms with Crippen molar-refractivity contribution in [3.8, 4) is 0 Å². The van der Waals surface area contributed by atoms with Gasteiger partial charge in [0.1, 0.15) is 11.6 Å². The molecule has 4 rings (SSSR count). The number of nitrogen functional groups attached to an aromatic ring is 1. The van der Waals surface area contributed by atoms with Crippen LogP contribution in [0.15, 0.2) is 66.7 Å². The first-order valence-corrected chi connectivity index (χ1v) is 11.7. The molecule has 0 saturated carbocycles. The lowest BCUT2D eigenvalue weighted by Gasteiger charge is -2.20. The highest BCUT2D eigenvalue weighted by atomic mass is 35.5. The maximum atomic E-state index is 15.2. The van der Waals surface area contributed by atoms with Gasteiger partial charge in [0.2, 0.25) is 11.8 Å². The summed E-state index contributed by atoms with van der Waals surface area (Å²) in [6, 6.07) is 15.7. The van der Waals surface area contributed by atoms with Gasteiger partial charge in [-0.05, 0) is 67.2 Å². The van der Waals surface area contributed by atoms with E-state index in [-0.39, 0.29) is 17.0 Å². The Bertz CT molecular complexity index is 1290. The van der Waals surface area contributed by atoms with E-state index in [0.29, 0.717) is 35.2 Å². The van der Waals surface area contributed by atoms with Gasteiger partial charge in [0.25, 0.3) is 0 Å². The molecule has 2 unspecified atom stereocenters. The van der Waals surface area contributed by atoms with Crippen LogP contribution in [0.2, 0.25) is 5.02 Å². The predicted octanol–water partition coefficient (Wildman–Crippen LogP) is 5.14. The van der Waals surface area contributed by atoms with Crippen LogP contribution in [0.25, 0.3) is 6.08 Å². The van der Waals surface area contributed by atoms with Crippen LogP contribution >= 0.6 is 11.6 Å². The van der Waals surface area contributed by atoms with Crippen molar-refractivity contribution in [1.82, 2.24) is 4.90 Å². The second-order valence-electron chi connectivity index (χ2n) is 8.74. The first-order chi connectivity index (χ1) is 17.2. The van der Waals surface area contributed by atoms with E-state index in [2.05, 4.69) is 10.6 Å². The first-order valence-electron chi connectivity index (χ1n) is 11.3. The molecule has 1 saturated heterocycles. The quantitative estimate of drug-likeness (QED) is 0.317. The summed E-state index contributed by atoms with van der Waals surface area (Å²) < 4.78 is 30.3.